The van der Waals surface area contributed by atoms with Gasteiger partial charge in [-0.3, -0.25) is 9.59 Å². The Balaban J connectivity index is 0.00000576. The highest BCUT2D eigenvalue weighted by molar-refractivity contribution is 6.20. The van der Waals surface area contributed by atoms with Crippen molar-refractivity contribution >= 4 is 30.0 Å². The van der Waals surface area contributed by atoms with Crippen LogP contribution in [0.4, 0.5) is 0 Å². The number of nitrogens with zero attached hydrogens (tertiary/aromatic N) is 2. The van der Waals surface area contributed by atoms with Crippen LogP contribution in [0.3, 0.4) is 0 Å². The van der Waals surface area contributed by atoms with Gasteiger partial charge in [-0.1, -0.05) is 42.5 Å². The van der Waals surface area contributed by atoms with Gasteiger partial charge in [0.15, 0.2) is 11.6 Å². The van der Waals surface area contributed by atoms with E-state index in [1.165, 1.54) is 0 Å². The van der Waals surface area contributed by atoms with E-state index in [1.54, 1.807) is 12.2 Å². The molecular weight excluding hydrogens is 336 g/mol. The molecule has 138 valence electrons. The number of hydrogen-bond acceptors (Lipinski definition) is 4. The number of Topliss-reactive ketones (excluding diaryl/α,β-unsaturated/α-hetero) is 2. The lowest BCUT2D eigenvalue weighted by molar-refractivity contribution is -0.121. The molecule has 0 aromatic heterocycles. The number of ketones is 2. The normalized spacial score (nSPS) is 10.8. The summed E-state index contributed by atoms with van der Waals surface area (Å²) in [4.78, 5) is 28.7. The molecule has 25 heavy (non-hydrogen) atoms. The van der Waals surface area contributed by atoms with E-state index in [1.807, 2.05) is 74.4 Å². The largest absolute Gasteiger partial charge is 0.309 e. The Labute approximate surface area is 157 Å². The molecule has 0 heterocycles. The van der Waals surface area contributed by atoms with Crippen molar-refractivity contribution in [3.05, 3.63) is 53.6 Å². The van der Waals surface area contributed by atoms with Gasteiger partial charge in [0.1, 0.15) is 0 Å². The average molecular weight is 365 g/mol. The van der Waals surface area contributed by atoms with Crippen LogP contribution in [-0.4, -0.2) is 62.6 Å². The lowest BCUT2D eigenvalue weighted by Gasteiger charge is -2.11. The van der Waals surface area contributed by atoms with E-state index in [0.29, 0.717) is 31.5 Å². The van der Waals surface area contributed by atoms with Gasteiger partial charge in [0, 0.05) is 25.9 Å². The minimum Gasteiger partial charge on any atom is -0.309 e. The van der Waals surface area contributed by atoms with Crippen LogP contribution in [0.1, 0.15) is 18.4 Å². The zero-order valence-electron chi connectivity index (χ0n) is 15.6. The first-order valence-electron chi connectivity index (χ1n) is 8.19. The Morgan fingerprint density at radius 3 is 1.80 bits per heavy atom. The van der Waals surface area contributed by atoms with E-state index >= 15 is 0 Å². The van der Waals surface area contributed by atoms with Crippen molar-refractivity contribution in [2.75, 3.05) is 41.3 Å². The number of hydrogen-bond donors (Lipinski definition) is 0. The SMILES string of the molecule is CN(C)CCC(=O)C(=C/C=C/c1ccccc1)C(=O)CCN(C)C.Cl. The van der Waals surface area contributed by atoms with Crippen molar-refractivity contribution in [2.45, 2.75) is 12.8 Å². The standard InChI is InChI=1S/C20H28N2O2.ClH/c1-21(2)15-13-19(23)18(20(24)14-16-22(3)4)12-8-11-17-9-6-5-7-10-17;/h5-12H,13-16H2,1-4H3;1H/b11-8+;. The minimum absolute atomic E-state index is 0. The maximum atomic E-state index is 12.4. The Morgan fingerprint density at radius 2 is 1.36 bits per heavy atom. The van der Waals surface area contributed by atoms with Gasteiger partial charge in [0.2, 0.25) is 0 Å². The van der Waals surface area contributed by atoms with Crippen LogP contribution in [0.25, 0.3) is 6.08 Å². The molecule has 4 nitrogen and oxygen atoms in total. The second kappa shape index (κ2) is 12.6. The van der Waals surface area contributed by atoms with Crippen LogP contribution >= 0.6 is 12.4 Å². The molecule has 0 atom stereocenters. The van der Waals surface area contributed by atoms with Gasteiger partial charge in [-0.2, -0.15) is 0 Å². The fourth-order valence-corrected chi connectivity index (χ4v) is 2.08. The molecular formula is C20H29ClN2O2. The van der Waals surface area contributed by atoms with Gasteiger partial charge in [-0.05, 0) is 39.8 Å². The third-order valence-corrected chi connectivity index (χ3v) is 3.52. The van der Waals surface area contributed by atoms with Crippen molar-refractivity contribution in [1.29, 1.82) is 0 Å². The Kier molecular flexibility index (Phi) is 11.7. The summed E-state index contributed by atoms with van der Waals surface area (Å²) in [7, 11) is 7.67. The van der Waals surface area contributed by atoms with E-state index in [9.17, 15) is 9.59 Å². The maximum Gasteiger partial charge on any atom is 0.167 e. The van der Waals surface area contributed by atoms with Gasteiger partial charge in [-0.25, -0.2) is 0 Å². The molecule has 5 heteroatoms. The van der Waals surface area contributed by atoms with Crippen LogP contribution in [0.15, 0.2) is 48.1 Å². The number of halogens is 1. The summed E-state index contributed by atoms with van der Waals surface area (Å²) in [5, 5.41) is 0. The zero-order chi connectivity index (χ0) is 17.9. The molecule has 0 amide bonds. The molecule has 0 fully saturated rings. The quantitative estimate of drug-likeness (QED) is 0.277. The van der Waals surface area contributed by atoms with Crippen LogP contribution in [0.2, 0.25) is 0 Å². The lowest BCUT2D eigenvalue weighted by atomic mass is 10.0. The number of carbonyl (C=O) groups is 2. The number of carbonyl (C=O) groups excluding carboxylic acids is 2. The van der Waals surface area contributed by atoms with E-state index < -0.39 is 0 Å². The summed E-state index contributed by atoms with van der Waals surface area (Å²) in [5.74, 6) is -0.185. The molecule has 0 unspecified atom stereocenters. The van der Waals surface area contributed by atoms with Crippen LogP contribution in [0.5, 0.6) is 0 Å². The molecule has 0 saturated carbocycles. The predicted octanol–water partition coefficient (Wildman–Crippen LogP) is 3.09. The van der Waals surface area contributed by atoms with Crippen molar-refractivity contribution in [3.63, 3.8) is 0 Å². The van der Waals surface area contributed by atoms with Gasteiger partial charge in [0.05, 0.1) is 5.57 Å². The minimum atomic E-state index is -0.0924. The van der Waals surface area contributed by atoms with E-state index in [-0.39, 0.29) is 24.0 Å². The fraction of sp³-hybridized carbons (Fsp3) is 0.400. The third-order valence-electron chi connectivity index (χ3n) is 3.52. The molecule has 0 radical (unpaired) electrons. The third kappa shape index (κ3) is 9.97. The average Bonchev–Trinajstić information content (AvgIpc) is 2.55. The van der Waals surface area contributed by atoms with Crippen LogP contribution < -0.4 is 0 Å². The maximum absolute atomic E-state index is 12.4. The van der Waals surface area contributed by atoms with Crippen molar-refractivity contribution in [2.24, 2.45) is 0 Å². The molecule has 0 N–H and O–H groups in total. The number of benzene rings is 1. The molecule has 0 saturated heterocycles. The monoisotopic (exact) mass is 364 g/mol. The summed E-state index contributed by atoms with van der Waals surface area (Å²) in [6, 6.07) is 9.81. The van der Waals surface area contributed by atoms with Gasteiger partial charge in [0.25, 0.3) is 0 Å². The Morgan fingerprint density at radius 1 is 0.880 bits per heavy atom. The topological polar surface area (TPSA) is 40.6 Å². The van der Waals surface area contributed by atoms with Crippen LogP contribution in [-0.2, 0) is 9.59 Å². The van der Waals surface area contributed by atoms with Gasteiger partial charge < -0.3 is 9.80 Å². The molecule has 0 aliphatic heterocycles. The summed E-state index contributed by atoms with van der Waals surface area (Å²) in [6.07, 6.45) is 6.05. The lowest BCUT2D eigenvalue weighted by Crippen LogP contribution is -2.23. The highest BCUT2D eigenvalue weighted by Gasteiger charge is 2.17. The summed E-state index contributed by atoms with van der Waals surface area (Å²) in [5.41, 5.74) is 1.33. The Hall–Kier alpha value is -1.75. The van der Waals surface area contributed by atoms with Crippen LogP contribution in [0, 0.1) is 0 Å². The van der Waals surface area contributed by atoms with Gasteiger partial charge in [-0.15, -0.1) is 12.4 Å². The second-order valence-corrected chi connectivity index (χ2v) is 6.30. The fourth-order valence-electron chi connectivity index (χ4n) is 2.08. The van der Waals surface area contributed by atoms with Crippen molar-refractivity contribution in [3.8, 4) is 0 Å². The molecule has 1 rings (SSSR count). The summed E-state index contributed by atoms with van der Waals surface area (Å²) >= 11 is 0. The van der Waals surface area contributed by atoms with Crippen molar-refractivity contribution in [1.82, 2.24) is 9.80 Å². The molecule has 0 spiro atoms. The number of allylic oxidation sites excluding steroid dienone is 3. The zero-order valence-corrected chi connectivity index (χ0v) is 16.4. The second-order valence-electron chi connectivity index (χ2n) is 6.30. The van der Waals surface area contributed by atoms with E-state index in [2.05, 4.69) is 0 Å². The molecule has 0 aliphatic rings. The molecule has 1 aromatic rings. The van der Waals surface area contributed by atoms with Gasteiger partial charge >= 0.3 is 0 Å². The Bertz CT molecular complexity index is 567. The first-order valence-corrected chi connectivity index (χ1v) is 8.19. The molecule has 0 aliphatic carbocycles. The first kappa shape index (κ1) is 23.2. The number of rotatable bonds is 10. The summed E-state index contributed by atoms with van der Waals surface area (Å²) < 4.78 is 0. The molecule has 0 bridgehead atoms. The molecule has 1 aromatic carbocycles. The van der Waals surface area contributed by atoms with E-state index in [0.717, 1.165) is 5.56 Å². The summed E-state index contributed by atoms with van der Waals surface area (Å²) in [6.45, 7) is 1.28. The predicted molar refractivity (Wildman–Crippen MR) is 107 cm³/mol. The van der Waals surface area contributed by atoms with E-state index in [4.69, 9.17) is 0 Å². The smallest absolute Gasteiger partial charge is 0.167 e. The first-order chi connectivity index (χ1) is 11.4. The van der Waals surface area contributed by atoms with Crippen molar-refractivity contribution < 1.29 is 9.59 Å². The highest BCUT2D eigenvalue weighted by atomic mass is 35.5. The highest BCUT2D eigenvalue weighted by Crippen LogP contribution is 2.09.